The number of carbonyl (C=O) groups is 1. The molecule has 1 fully saturated rings. The highest BCUT2D eigenvalue weighted by Gasteiger charge is 2.29. The van der Waals surface area contributed by atoms with Crippen LogP contribution in [0, 0.1) is 5.92 Å². The van der Waals surface area contributed by atoms with E-state index < -0.39 is 21.1 Å². The van der Waals surface area contributed by atoms with Gasteiger partial charge in [-0.2, -0.15) is 5.10 Å². The van der Waals surface area contributed by atoms with Crippen LogP contribution in [0.3, 0.4) is 0 Å². The summed E-state index contributed by atoms with van der Waals surface area (Å²) in [5, 5.41) is 10.1. The molecule has 1 saturated carbocycles. The van der Waals surface area contributed by atoms with Gasteiger partial charge in [0.1, 0.15) is 17.2 Å². The minimum atomic E-state index is -3.43. The van der Waals surface area contributed by atoms with Crippen molar-refractivity contribution in [3.05, 3.63) is 24.7 Å². The Morgan fingerprint density at radius 3 is 2.73 bits per heavy atom. The zero-order valence-electron chi connectivity index (χ0n) is 15.0. The van der Waals surface area contributed by atoms with Crippen LogP contribution in [-0.4, -0.2) is 34.5 Å². The van der Waals surface area contributed by atoms with Crippen LogP contribution in [0.5, 0.6) is 0 Å². The Balaban J connectivity index is 1.85. The van der Waals surface area contributed by atoms with Gasteiger partial charge in [0.05, 0.1) is 11.4 Å². The third kappa shape index (κ3) is 3.98. The van der Waals surface area contributed by atoms with Crippen molar-refractivity contribution in [2.24, 2.45) is 5.92 Å². The largest absolute Gasteiger partial charge is 0.363 e. The number of carbonyl (C=O) groups excluding carboxylic acids is 1. The molecule has 0 bridgehead atoms. The van der Waals surface area contributed by atoms with Crippen LogP contribution in [0.25, 0.3) is 0 Å². The van der Waals surface area contributed by atoms with Gasteiger partial charge in [-0.3, -0.25) is 9.48 Å². The lowest BCUT2D eigenvalue weighted by atomic mass is 9.98. The Labute approximate surface area is 152 Å². The van der Waals surface area contributed by atoms with Gasteiger partial charge < -0.3 is 9.84 Å². The maximum Gasteiger partial charge on any atom is 0.250 e. The van der Waals surface area contributed by atoms with Crippen molar-refractivity contribution < 1.29 is 17.7 Å². The lowest BCUT2D eigenvalue weighted by Crippen LogP contribution is -2.28. The van der Waals surface area contributed by atoms with Gasteiger partial charge in [0.25, 0.3) is 0 Å². The molecule has 1 atom stereocenters. The number of anilines is 1. The van der Waals surface area contributed by atoms with Crippen LogP contribution in [-0.2, 0) is 14.6 Å². The van der Waals surface area contributed by atoms with E-state index in [1.54, 1.807) is 19.9 Å². The van der Waals surface area contributed by atoms with Crippen LogP contribution in [0.1, 0.15) is 52.0 Å². The zero-order chi connectivity index (χ0) is 18.7. The normalized spacial score (nSPS) is 16.9. The fourth-order valence-corrected chi connectivity index (χ4v) is 4.29. The first-order chi connectivity index (χ1) is 12.4. The molecule has 1 amide bonds. The van der Waals surface area contributed by atoms with Crippen LogP contribution in [0.2, 0.25) is 0 Å². The number of nitrogens with zero attached hydrogens (tertiary/aromatic N) is 3. The van der Waals surface area contributed by atoms with Crippen molar-refractivity contribution in [1.82, 2.24) is 14.9 Å². The number of sulfone groups is 1. The topological polar surface area (TPSA) is 107 Å². The zero-order valence-corrected chi connectivity index (χ0v) is 15.8. The van der Waals surface area contributed by atoms with Gasteiger partial charge in [-0.05, 0) is 26.2 Å². The molecule has 3 rings (SSSR count). The van der Waals surface area contributed by atoms with E-state index in [0.717, 1.165) is 25.7 Å². The standard InChI is InChI=1S/C17H24N4O4S/c1-12(2)26(23,24)14-10-18-21(11-14)15(9-13-5-3-4-6-13)17(22)19-16-7-8-25-20-16/h7-8,10-13,15H,3-6,9H2,1-2H3,(H,19,20,22). The monoisotopic (exact) mass is 380 g/mol. The second-order valence-electron chi connectivity index (χ2n) is 7.03. The summed E-state index contributed by atoms with van der Waals surface area (Å²) in [6.07, 6.45) is 9.24. The van der Waals surface area contributed by atoms with Gasteiger partial charge in [-0.25, -0.2) is 8.42 Å². The summed E-state index contributed by atoms with van der Waals surface area (Å²) in [6.45, 7) is 3.25. The second-order valence-corrected chi connectivity index (χ2v) is 9.53. The molecule has 0 spiro atoms. The summed E-state index contributed by atoms with van der Waals surface area (Å²) in [7, 11) is -3.43. The molecule has 26 heavy (non-hydrogen) atoms. The second kappa shape index (κ2) is 7.61. The van der Waals surface area contributed by atoms with E-state index in [-0.39, 0.29) is 10.8 Å². The first kappa shape index (κ1) is 18.6. The molecular formula is C17H24N4O4S. The van der Waals surface area contributed by atoms with Crippen LogP contribution >= 0.6 is 0 Å². The van der Waals surface area contributed by atoms with E-state index in [1.807, 2.05) is 0 Å². The number of hydrogen-bond donors (Lipinski definition) is 1. The summed E-state index contributed by atoms with van der Waals surface area (Å²) in [4.78, 5) is 12.9. The molecule has 1 N–H and O–H groups in total. The third-order valence-electron chi connectivity index (χ3n) is 4.87. The average molecular weight is 380 g/mol. The Hall–Kier alpha value is -2.16. The molecule has 8 nitrogen and oxygen atoms in total. The van der Waals surface area contributed by atoms with Crippen molar-refractivity contribution in [3.8, 4) is 0 Å². The van der Waals surface area contributed by atoms with E-state index in [4.69, 9.17) is 4.52 Å². The Morgan fingerprint density at radius 1 is 1.38 bits per heavy atom. The molecule has 142 valence electrons. The van der Waals surface area contributed by atoms with Gasteiger partial charge in [0, 0.05) is 12.3 Å². The lowest BCUT2D eigenvalue weighted by molar-refractivity contribution is -0.120. The number of aromatic nitrogens is 3. The molecule has 1 aliphatic carbocycles. The minimum absolute atomic E-state index is 0.137. The van der Waals surface area contributed by atoms with Gasteiger partial charge in [0.15, 0.2) is 15.7 Å². The third-order valence-corrected chi connectivity index (χ3v) is 6.98. The summed E-state index contributed by atoms with van der Waals surface area (Å²) in [6, 6.07) is 0.966. The number of hydrogen-bond acceptors (Lipinski definition) is 6. The van der Waals surface area contributed by atoms with Gasteiger partial charge in [-0.1, -0.05) is 30.8 Å². The highest BCUT2D eigenvalue weighted by atomic mass is 32.2. The molecule has 0 radical (unpaired) electrons. The highest BCUT2D eigenvalue weighted by molar-refractivity contribution is 7.92. The highest BCUT2D eigenvalue weighted by Crippen LogP contribution is 2.32. The molecule has 2 aromatic rings. The Kier molecular flexibility index (Phi) is 5.45. The molecule has 0 aliphatic heterocycles. The van der Waals surface area contributed by atoms with Crippen molar-refractivity contribution >= 4 is 21.6 Å². The van der Waals surface area contributed by atoms with E-state index >= 15 is 0 Å². The molecule has 2 aromatic heterocycles. The Bertz CT molecular complexity index is 836. The molecule has 0 saturated heterocycles. The van der Waals surface area contributed by atoms with Gasteiger partial charge in [0.2, 0.25) is 5.91 Å². The summed E-state index contributed by atoms with van der Waals surface area (Å²) in [5.74, 6) is 0.480. The Morgan fingerprint density at radius 2 is 2.12 bits per heavy atom. The van der Waals surface area contributed by atoms with Crippen LogP contribution < -0.4 is 5.32 Å². The molecule has 2 heterocycles. The summed E-state index contributed by atoms with van der Waals surface area (Å²) < 4.78 is 30.9. The number of nitrogens with one attached hydrogen (secondary N) is 1. The summed E-state index contributed by atoms with van der Waals surface area (Å²) >= 11 is 0. The average Bonchev–Trinajstić information content (AvgIpc) is 3.34. The van der Waals surface area contributed by atoms with Crippen LogP contribution in [0.4, 0.5) is 5.82 Å². The van der Waals surface area contributed by atoms with Gasteiger partial charge >= 0.3 is 0 Å². The molecule has 1 aliphatic rings. The first-order valence-corrected chi connectivity index (χ1v) is 10.4. The predicted octanol–water partition coefficient (Wildman–Crippen LogP) is 2.81. The molecule has 0 aromatic carbocycles. The molecular weight excluding hydrogens is 356 g/mol. The fraction of sp³-hybridized carbons (Fsp3) is 0.588. The van der Waals surface area contributed by atoms with E-state index in [2.05, 4.69) is 15.6 Å². The SMILES string of the molecule is CC(C)S(=O)(=O)c1cnn(C(CC2CCCC2)C(=O)Nc2ccon2)c1. The molecule has 9 heteroatoms. The molecule has 1 unspecified atom stereocenters. The maximum absolute atomic E-state index is 12.8. The van der Waals surface area contributed by atoms with Crippen molar-refractivity contribution in [3.63, 3.8) is 0 Å². The van der Waals surface area contributed by atoms with Crippen LogP contribution in [0.15, 0.2) is 34.1 Å². The minimum Gasteiger partial charge on any atom is -0.363 e. The van der Waals surface area contributed by atoms with Crippen molar-refractivity contribution in [1.29, 1.82) is 0 Å². The number of rotatable bonds is 7. The van der Waals surface area contributed by atoms with E-state index in [1.165, 1.54) is 23.3 Å². The van der Waals surface area contributed by atoms with Crippen molar-refractivity contribution in [2.45, 2.75) is 62.1 Å². The lowest BCUT2D eigenvalue weighted by Gasteiger charge is -2.20. The fourth-order valence-electron chi connectivity index (χ4n) is 3.29. The maximum atomic E-state index is 12.8. The quantitative estimate of drug-likeness (QED) is 0.791. The van der Waals surface area contributed by atoms with Crippen molar-refractivity contribution in [2.75, 3.05) is 5.32 Å². The number of amides is 1. The summed E-state index contributed by atoms with van der Waals surface area (Å²) in [5.41, 5.74) is 0. The smallest absolute Gasteiger partial charge is 0.250 e. The van der Waals surface area contributed by atoms with E-state index in [0.29, 0.717) is 18.2 Å². The van der Waals surface area contributed by atoms with Gasteiger partial charge in [-0.15, -0.1) is 0 Å². The predicted molar refractivity (Wildman–Crippen MR) is 95.3 cm³/mol. The first-order valence-electron chi connectivity index (χ1n) is 8.87. The van der Waals surface area contributed by atoms with E-state index in [9.17, 15) is 13.2 Å².